The number of nitrogens with zero attached hydrogens (tertiary/aromatic N) is 2. The predicted octanol–water partition coefficient (Wildman–Crippen LogP) is 4.10. The molecule has 8 heteroatoms. The highest BCUT2D eigenvalue weighted by atomic mass is 32.2. The van der Waals surface area contributed by atoms with E-state index in [0.29, 0.717) is 22.9 Å². The molecule has 0 saturated carbocycles. The molecule has 28 heavy (non-hydrogen) atoms. The van der Waals surface area contributed by atoms with E-state index >= 15 is 0 Å². The molecule has 1 heterocycles. The molecule has 0 amide bonds. The summed E-state index contributed by atoms with van der Waals surface area (Å²) in [5.74, 6) is 1.22. The van der Waals surface area contributed by atoms with Crippen LogP contribution < -0.4 is 9.47 Å². The molecule has 1 aromatic heterocycles. The molecule has 0 unspecified atom stereocenters. The van der Waals surface area contributed by atoms with Gasteiger partial charge in [0, 0.05) is 17.0 Å². The van der Waals surface area contributed by atoms with Crippen LogP contribution in [0.3, 0.4) is 0 Å². The minimum atomic E-state index is -0.495. The van der Waals surface area contributed by atoms with E-state index in [2.05, 4.69) is 10.1 Å². The van der Waals surface area contributed by atoms with E-state index in [-0.39, 0.29) is 12.5 Å². The standard InChI is InChI=1S/C20H18N2O5S/c1-24-14-8-9-16(17(12-14)25-2)20-21-18(27-22-20)13-26-19(23)10-11-28-15-6-4-3-5-7-15/h3-12H,13H2,1-2H3/b11-10+. The van der Waals surface area contributed by atoms with Crippen LogP contribution in [-0.4, -0.2) is 30.3 Å². The molecule has 0 radical (unpaired) electrons. The first-order valence-electron chi connectivity index (χ1n) is 8.29. The molecule has 2 aromatic carbocycles. The third-order valence-corrected chi connectivity index (χ3v) is 4.42. The van der Waals surface area contributed by atoms with Gasteiger partial charge in [-0.2, -0.15) is 4.98 Å². The van der Waals surface area contributed by atoms with Gasteiger partial charge in [0.25, 0.3) is 5.89 Å². The summed E-state index contributed by atoms with van der Waals surface area (Å²) in [6.45, 7) is -0.120. The summed E-state index contributed by atoms with van der Waals surface area (Å²) in [6, 6.07) is 15.0. The SMILES string of the molecule is COc1ccc(-c2noc(COC(=O)/C=C/Sc3ccccc3)n2)c(OC)c1. The van der Waals surface area contributed by atoms with E-state index in [4.69, 9.17) is 18.7 Å². The highest BCUT2D eigenvalue weighted by Crippen LogP contribution is 2.31. The highest BCUT2D eigenvalue weighted by Gasteiger charge is 2.15. The summed E-state index contributed by atoms with van der Waals surface area (Å²) in [5, 5.41) is 5.58. The van der Waals surface area contributed by atoms with Crippen molar-refractivity contribution in [2.24, 2.45) is 0 Å². The second-order valence-electron chi connectivity index (χ2n) is 5.42. The summed E-state index contributed by atoms with van der Waals surface area (Å²) in [7, 11) is 3.11. The van der Waals surface area contributed by atoms with E-state index in [1.165, 1.54) is 17.8 Å². The molecule has 0 atom stereocenters. The van der Waals surface area contributed by atoms with Gasteiger partial charge in [0.1, 0.15) is 11.5 Å². The highest BCUT2D eigenvalue weighted by molar-refractivity contribution is 8.02. The quantitative estimate of drug-likeness (QED) is 0.319. The minimum absolute atomic E-state index is 0.120. The number of rotatable bonds is 8. The number of aromatic nitrogens is 2. The Balaban J connectivity index is 1.57. The number of benzene rings is 2. The number of hydrogen-bond donors (Lipinski definition) is 0. The van der Waals surface area contributed by atoms with E-state index in [0.717, 1.165) is 4.90 Å². The van der Waals surface area contributed by atoms with Gasteiger partial charge in [0.15, 0.2) is 6.61 Å². The van der Waals surface area contributed by atoms with Gasteiger partial charge >= 0.3 is 5.97 Å². The average molecular weight is 398 g/mol. The number of ether oxygens (including phenoxy) is 3. The van der Waals surface area contributed by atoms with Crippen molar-refractivity contribution in [3.8, 4) is 22.9 Å². The molecular formula is C20H18N2O5S. The first-order valence-corrected chi connectivity index (χ1v) is 9.17. The second kappa shape index (κ2) is 9.61. The minimum Gasteiger partial charge on any atom is -0.497 e. The van der Waals surface area contributed by atoms with Gasteiger partial charge in [-0.1, -0.05) is 35.1 Å². The lowest BCUT2D eigenvalue weighted by molar-refractivity contribution is -0.139. The molecule has 0 aliphatic rings. The predicted molar refractivity (Wildman–Crippen MR) is 104 cm³/mol. The summed E-state index contributed by atoms with van der Waals surface area (Å²) in [6.07, 6.45) is 1.35. The van der Waals surface area contributed by atoms with Crippen molar-refractivity contribution >= 4 is 17.7 Å². The topological polar surface area (TPSA) is 83.7 Å². The first-order chi connectivity index (χ1) is 13.7. The zero-order chi connectivity index (χ0) is 19.8. The average Bonchev–Trinajstić information content (AvgIpc) is 3.21. The number of hydrogen-bond acceptors (Lipinski definition) is 8. The molecule has 0 spiro atoms. The summed E-state index contributed by atoms with van der Waals surface area (Å²) >= 11 is 1.42. The van der Waals surface area contributed by atoms with E-state index in [1.54, 1.807) is 37.8 Å². The largest absolute Gasteiger partial charge is 0.497 e. The van der Waals surface area contributed by atoms with Gasteiger partial charge in [-0.25, -0.2) is 4.79 Å². The van der Waals surface area contributed by atoms with Crippen molar-refractivity contribution in [2.75, 3.05) is 14.2 Å². The fourth-order valence-corrected chi connectivity index (χ4v) is 2.90. The van der Waals surface area contributed by atoms with Crippen LogP contribution in [0.2, 0.25) is 0 Å². The maximum absolute atomic E-state index is 11.8. The van der Waals surface area contributed by atoms with Crippen LogP contribution in [0, 0.1) is 0 Å². The summed E-state index contributed by atoms with van der Waals surface area (Å²) in [4.78, 5) is 17.1. The van der Waals surface area contributed by atoms with Crippen LogP contribution in [0.1, 0.15) is 5.89 Å². The van der Waals surface area contributed by atoms with Crippen molar-refractivity contribution in [1.82, 2.24) is 10.1 Å². The molecule has 0 bridgehead atoms. The molecule has 3 rings (SSSR count). The van der Waals surface area contributed by atoms with Crippen molar-refractivity contribution in [1.29, 1.82) is 0 Å². The maximum atomic E-state index is 11.8. The second-order valence-corrected chi connectivity index (χ2v) is 6.40. The molecule has 3 aromatic rings. The number of thioether (sulfide) groups is 1. The van der Waals surface area contributed by atoms with E-state index in [1.807, 2.05) is 30.3 Å². The van der Waals surface area contributed by atoms with Gasteiger partial charge in [0.2, 0.25) is 5.82 Å². The lowest BCUT2D eigenvalue weighted by Crippen LogP contribution is -2.00. The molecule has 0 saturated heterocycles. The maximum Gasteiger partial charge on any atom is 0.331 e. The Hall–Kier alpha value is -3.26. The first kappa shape index (κ1) is 19.5. The Morgan fingerprint density at radius 3 is 2.71 bits per heavy atom. The fourth-order valence-electron chi connectivity index (χ4n) is 2.25. The van der Waals surface area contributed by atoms with Crippen LogP contribution in [0.25, 0.3) is 11.4 Å². The van der Waals surface area contributed by atoms with Gasteiger partial charge in [0.05, 0.1) is 19.8 Å². The Bertz CT molecular complexity index is 956. The van der Waals surface area contributed by atoms with Crippen LogP contribution >= 0.6 is 11.8 Å². The third-order valence-electron chi connectivity index (χ3n) is 3.61. The van der Waals surface area contributed by atoms with Crippen LogP contribution in [0.5, 0.6) is 11.5 Å². The van der Waals surface area contributed by atoms with Crippen LogP contribution in [-0.2, 0) is 16.1 Å². The Morgan fingerprint density at radius 2 is 1.96 bits per heavy atom. The van der Waals surface area contributed by atoms with Crippen LogP contribution in [0.4, 0.5) is 0 Å². The van der Waals surface area contributed by atoms with Crippen LogP contribution in [0.15, 0.2) is 69.4 Å². The van der Waals surface area contributed by atoms with Gasteiger partial charge in [-0.05, 0) is 29.7 Å². The van der Waals surface area contributed by atoms with Crippen molar-refractivity contribution in [2.45, 2.75) is 11.5 Å². The molecule has 0 aliphatic carbocycles. The fraction of sp³-hybridized carbons (Fsp3) is 0.150. The molecule has 7 nitrogen and oxygen atoms in total. The molecule has 0 fully saturated rings. The monoisotopic (exact) mass is 398 g/mol. The van der Waals surface area contributed by atoms with Gasteiger partial charge in [-0.3, -0.25) is 0 Å². The zero-order valence-electron chi connectivity index (χ0n) is 15.3. The smallest absolute Gasteiger partial charge is 0.331 e. The van der Waals surface area contributed by atoms with E-state index < -0.39 is 5.97 Å². The zero-order valence-corrected chi connectivity index (χ0v) is 16.1. The number of carbonyl (C=O) groups is 1. The molecule has 144 valence electrons. The Labute approximate surface area is 166 Å². The molecular weight excluding hydrogens is 380 g/mol. The number of esters is 1. The van der Waals surface area contributed by atoms with E-state index in [9.17, 15) is 4.79 Å². The Kier molecular flexibility index (Phi) is 6.69. The van der Waals surface area contributed by atoms with Crippen molar-refractivity contribution in [3.05, 3.63) is 65.9 Å². The van der Waals surface area contributed by atoms with Crippen molar-refractivity contribution in [3.63, 3.8) is 0 Å². The number of methoxy groups -OCH3 is 2. The summed E-state index contributed by atoms with van der Waals surface area (Å²) in [5.41, 5.74) is 0.642. The van der Waals surface area contributed by atoms with Gasteiger partial charge < -0.3 is 18.7 Å². The lowest BCUT2D eigenvalue weighted by Gasteiger charge is -2.07. The van der Waals surface area contributed by atoms with Crippen molar-refractivity contribution < 1.29 is 23.5 Å². The summed E-state index contributed by atoms with van der Waals surface area (Å²) < 4.78 is 20.8. The molecule has 0 N–H and O–H groups in total. The molecule has 0 aliphatic heterocycles. The van der Waals surface area contributed by atoms with Gasteiger partial charge in [-0.15, -0.1) is 0 Å². The number of carbonyl (C=O) groups excluding carboxylic acids is 1. The normalized spacial score (nSPS) is 10.8. The third kappa shape index (κ3) is 5.14. The Morgan fingerprint density at radius 1 is 1.14 bits per heavy atom. The lowest BCUT2D eigenvalue weighted by atomic mass is 10.2.